The van der Waals surface area contributed by atoms with E-state index in [0.717, 1.165) is 31.0 Å². The first kappa shape index (κ1) is 14.2. The van der Waals surface area contributed by atoms with Crippen molar-refractivity contribution in [2.24, 2.45) is 0 Å². The van der Waals surface area contributed by atoms with Crippen LogP contribution in [0.1, 0.15) is 41.1 Å². The number of aromatic nitrogens is 1. The summed E-state index contributed by atoms with van der Waals surface area (Å²) in [5, 5.41) is 3.54. The molecule has 1 aromatic heterocycles. The molecule has 0 saturated carbocycles. The summed E-state index contributed by atoms with van der Waals surface area (Å²) in [6.07, 6.45) is 3.65. The first-order valence-corrected chi connectivity index (χ1v) is 8.15. The van der Waals surface area contributed by atoms with Crippen LogP contribution in [-0.2, 0) is 6.42 Å². The highest BCUT2D eigenvalue weighted by atomic mass is 16.3. The van der Waals surface area contributed by atoms with E-state index in [1.54, 1.807) is 6.26 Å². The standard InChI is InChI=1S/C20H20N2O/c1-3-7-15(8-4-1)11-18-14-23-20(22-18)19-12-17(13-21-19)16-9-5-2-6-10-16/h1-10,14,17,19,21H,11-13H2. The highest BCUT2D eigenvalue weighted by Gasteiger charge is 2.29. The Morgan fingerprint density at radius 1 is 1.00 bits per heavy atom. The molecule has 1 fully saturated rings. The quantitative estimate of drug-likeness (QED) is 0.789. The van der Waals surface area contributed by atoms with E-state index in [0.29, 0.717) is 5.92 Å². The van der Waals surface area contributed by atoms with Crippen molar-refractivity contribution in [1.29, 1.82) is 0 Å². The molecular weight excluding hydrogens is 284 g/mol. The number of hydrogen-bond donors (Lipinski definition) is 1. The minimum atomic E-state index is 0.213. The molecule has 1 N–H and O–H groups in total. The maximum Gasteiger partial charge on any atom is 0.211 e. The van der Waals surface area contributed by atoms with Crippen LogP contribution in [0.2, 0.25) is 0 Å². The second kappa shape index (κ2) is 6.39. The van der Waals surface area contributed by atoms with Gasteiger partial charge in [0.05, 0.1) is 11.7 Å². The average molecular weight is 304 g/mol. The Morgan fingerprint density at radius 3 is 2.52 bits per heavy atom. The largest absolute Gasteiger partial charge is 0.447 e. The fourth-order valence-electron chi connectivity index (χ4n) is 3.27. The van der Waals surface area contributed by atoms with Gasteiger partial charge in [-0.15, -0.1) is 0 Å². The van der Waals surface area contributed by atoms with Crippen molar-refractivity contribution >= 4 is 0 Å². The summed E-state index contributed by atoms with van der Waals surface area (Å²) in [6, 6.07) is 21.3. The third-order valence-corrected chi connectivity index (χ3v) is 4.50. The van der Waals surface area contributed by atoms with Gasteiger partial charge in [-0.2, -0.15) is 0 Å². The van der Waals surface area contributed by atoms with E-state index in [1.807, 2.05) is 6.07 Å². The molecule has 0 bridgehead atoms. The van der Waals surface area contributed by atoms with Gasteiger partial charge < -0.3 is 9.73 Å². The smallest absolute Gasteiger partial charge is 0.211 e. The molecule has 116 valence electrons. The molecule has 1 saturated heterocycles. The van der Waals surface area contributed by atoms with E-state index in [2.05, 4.69) is 64.9 Å². The van der Waals surface area contributed by atoms with Crippen molar-refractivity contribution < 1.29 is 4.42 Å². The normalized spacial score (nSPS) is 20.7. The van der Waals surface area contributed by atoms with E-state index in [9.17, 15) is 0 Å². The lowest BCUT2D eigenvalue weighted by Gasteiger charge is -2.08. The molecule has 0 radical (unpaired) electrons. The van der Waals surface area contributed by atoms with Crippen molar-refractivity contribution in [2.75, 3.05) is 6.54 Å². The van der Waals surface area contributed by atoms with Crippen molar-refractivity contribution in [2.45, 2.75) is 24.8 Å². The van der Waals surface area contributed by atoms with Crippen LogP contribution < -0.4 is 5.32 Å². The molecule has 2 atom stereocenters. The van der Waals surface area contributed by atoms with Crippen LogP contribution in [0.4, 0.5) is 0 Å². The molecule has 0 spiro atoms. The van der Waals surface area contributed by atoms with Crippen LogP contribution in [0.25, 0.3) is 0 Å². The highest BCUT2D eigenvalue weighted by molar-refractivity contribution is 5.23. The summed E-state index contributed by atoms with van der Waals surface area (Å²) in [5.41, 5.74) is 3.64. The summed E-state index contributed by atoms with van der Waals surface area (Å²) in [5.74, 6) is 1.35. The van der Waals surface area contributed by atoms with Gasteiger partial charge in [-0.05, 0) is 23.5 Å². The zero-order chi connectivity index (χ0) is 15.5. The predicted molar refractivity (Wildman–Crippen MR) is 90.3 cm³/mol. The van der Waals surface area contributed by atoms with Crippen molar-refractivity contribution in [3.05, 3.63) is 89.6 Å². The molecule has 1 aliphatic heterocycles. The number of hydrogen-bond acceptors (Lipinski definition) is 3. The van der Waals surface area contributed by atoms with Crippen molar-refractivity contribution in [1.82, 2.24) is 10.3 Å². The molecule has 1 aliphatic rings. The topological polar surface area (TPSA) is 38.1 Å². The molecule has 0 aliphatic carbocycles. The fourth-order valence-corrected chi connectivity index (χ4v) is 3.27. The second-order valence-electron chi connectivity index (χ2n) is 6.14. The van der Waals surface area contributed by atoms with Crippen LogP contribution in [0.15, 0.2) is 71.3 Å². The summed E-state index contributed by atoms with van der Waals surface area (Å²) in [7, 11) is 0. The van der Waals surface area contributed by atoms with Crippen LogP contribution >= 0.6 is 0 Å². The zero-order valence-electron chi connectivity index (χ0n) is 13.0. The van der Waals surface area contributed by atoms with Gasteiger partial charge in [0.1, 0.15) is 6.26 Å². The van der Waals surface area contributed by atoms with E-state index >= 15 is 0 Å². The lowest BCUT2D eigenvalue weighted by molar-refractivity contribution is 0.428. The van der Waals surface area contributed by atoms with Gasteiger partial charge in [-0.3, -0.25) is 0 Å². The van der Waals surface area contributed by atoms with Gasteiger partial charge in [-0.1, -0.05) is 60.7 Å². The lowest BCUT2D eigenvalue weighted by Crippen LogP contribution is -2.13. The molecule has 3 nitrogen and oxygen atoms in total. The Morgan fingerprint density at radius 2 is 1.74 bits per heavy atom. The predicted octanol–water partition coefficient (Wildman–Crippen LogP) is 4.08. The van der Waals surface area contributed by atoms with Crippen LogP contribution in [0.3, 0.4) is 0 Å². The summed E-state index contributed by atoms with van der Waals surface area (Å²) in [6.45, 7) is 0.977. The minimum absolute atomic E-state index is 0.213. The Kier molecular flexibility index (Phi) is 3.95. The van der Waals surface area contributed by atoms with Gasteiger partial charge in [0.2, 0.25) is 5.89 Å². The van der Waals surface area contributed by atoms with E-state index in [-0.39, 0.29) is 6.04 Å². The minimum Gasteiger partial charge on any atom is -0.447 e. The van der Waals surface area contributed by atoms with Crippen LogP contribution in [-0.4, -0.2) is 11.5 Å². The highest BCUT2D eigenvalue weighted by Crippen LogP contribution is 2.33. The summed E-state index contributed by atoms with van der Waals surface area (Å²) in [4.78, 5) is 4.69. The fraction of sp³-hybridized carbons (Fsp3) is 0.250. The number of nitrogens with zero attached hydrogens (tertiary/aromatic N) is 1. The second-order valence-corrected chi connectivity index (χ2v) is 6.14. The van der Waals surface area contributed by atoms with Crippen LogP contribution in [0.5, 0.6) is 0 Å². The van der Waals surface area contributed by atoms with Crippen molar-refractivity contribution in [3.63, 3.8) is 0 Å². The van der Waals surface area contributed by atoms with E-state index in [1.165, 1.54) is 11.1 Å². The van der Waals surface area contributed by atoms with Gasteiger partial charge in [0.15, 0.2) is 0 Å². The Bertz CT molecular complexity index is 752. The molecule has 2 aromatic carbocycles. The molecule has 2 heterocycles. The molecular formula is C20H20N2O. The van der Waals surface area contributed by atoms with Gasteiger partial charge in [0.25, 0.3) is 0 Å². The van der Waals surface area contributed by atoms with E-state index < -0.39 is 0 Å². The average Bonchev–Trinajstić information content (AvgIpc) is 3.26. The summed E-state index contributed by atoms with van der Waals surface area (Å²) < 4.78 is 5.73. The third-order valence-electron chi connectivity index (χ3n) is 4.50. The van der Waals surface area contributed by atoms with Gasteiger partial charge in [0, 0.05) is 13.0 Å². The third kappa shape index (κ3) is 3.20. The SMILES string of the molecule is c1ccc(Cc2coc(C3CC(c4ccccc4)CN3)n2)cc1. The monoisotopic (exact) mass is 304 g/mol. The lowest BCUT2D eigenvalue weighted by atomic mass is 9.96. The molecule has 3 heteroatoms. The molecule has 23 heavy (non-hydrogen) atoms. The maximum atomic E-state index is 5.73. The number of rotatable bonds is 4. The molecule has 2 unspecified atom stereocenters. The van der Waals surface area contributed by atoms with Crippen molar-refractivity contribution in [3.8, 4) is 0 Å². The van der Waals surface area contributed by atoms with Gasteiger partial charge in [-0.25, -0.2) is 4.98 Å². The Hall–Kier alpha value is -2.39. The first-order valence-electron chi connectivity index (χ1n) is 8.15. The molecule has 3 aromatic rings. The number of nitrogens with one attached hydrogen (secondary N) is 1. The Labute approximate surface area is 136 Å². The summed E-state index contributed by atoms with van der Waals surface area (Å²) >= 11 is 0. The molecule has 4 rings (SSSR count). The zero-order valence-corrected chi connectivity index (χ0v) is 13.0. The van der Waals surface area contributed by atoms with Gasteiger partial charge >= 0.3 is 0 Å². The number of oxazole rings is 1. The first-order chi connectivity index (χ1) is 11.4. The molecule has 0 amide bonds. The maximum absolute atomic E-state index is 5.73. The number of benzene rings is 2. The van der Waals surface area contributed by atoms with E-state index in [4.69, 9.17) is 4.42 Å². The van der Waals surface area contributed by atoms with Crippen LogP contribution in [0, 0.1) is 0 Å². The Balaban J connectivity index is 1.44.